The van der Waals surface area contributed by atoms with Crippen LogP contribution in [0.15, 0.2) is 30.3 Å². The van der Waals surface area contributed by atoms with Crippen LogP contribution in [0.2, 0.25) is 0 Å². The Hall–Kier alpha value is -1.21. The van der Waals surface area contributed by atoms with Gasteiger partial charge in [0.05, 0.1) is 0 Å². The van der Waals surface area contributed by atoms with Gasteiger partial charge >= 0.3 is 6.18 Å². The standard InChI is InChI=1S/C10H11F3N2OS/c1-17-15(14-7-10(11,12)13)9(16)8-5-3-2-4-6-8/h2-6,14H,7H2,1H3. The summed E-state index contributed by atoms with van der Waals surface area (Å²) < 4.78 is 36.9. The molecule has 0 saturated carbocycles. The molecule has 1 amide bonds. The summed E-state index contributed by atoms with van der Waals surface area (Å²) in [7, 11) is 0. The average molecular weight is 264 g/mol. The van der Waals surface area contributed by atoms with Crippen LogP contribution in [-0.4, -0.2) is 29.3 Å². The van der Waals surface area contributed by atoms with Crippen molar-refractivity contribution < 1.29 is 18.0 Å². The maximum atomic E-state index is 12.0. The van der Waals surface area contributed by atoms with Crippen LogP contribution >= 0.6 is 11.9 Å². The van der Waals surface area contributed by atoms with Crippen molar-refractivity contribution in [3.05, 3.63) is 35.9 Å². The number of hydrogen-bond acceptors (Lipinski definition) is 3. The Labute approximate surface area is 101 Å². The summed E-state index contributed by atoms with van der Waals surface area (Å²) >= 11 is 0.886. The van der Waals surface area contributed by atoms with Gasteiger partial charge in [-0.1, -0.05) is 18.2 Å². The molecule has 0 aliphatic heterocycles. The average Bonchev–Trinajstić information content (AvgIpc) is 2.29. The van der Waals surface area contributed by atoms with E-state index in [1.54, 1.807) is 30.3 Å². The zero-order chi connectivity index (χ0) is 12.9. The number of hydrogen-bond donors (Lipinski definition) is 1. The van der Waals surface area contributed by atoms with Crippen LogP contribution in [0.4, 0.5) is 13.2 Å². The molecule has 0 unspecified atom stereocenters. The van der Waals surface area contributed by atoms with Gasteiger partial charge in [0.25, 0.3) is 5.91 Å². The van der Waals surface area contributed by atoms with E-state index in [1.165, 1.54) is 6.26 Å². The highest BCUT2D eigenvalue weighted by atomic mass is 32.2. The van der Waals surface area contributed by atoms with Crippen molar-refractivity contribution in [3.8, 4) is 0 Å². The summed E-state index contributed by atoms with van der Waals surface area (Å²) in [4.78, 5) is 11.8. The number of nitrogens with one attached hydrogen (secondary N) is 1. The smallest absolute Gasteiger partial charge is 0.267 e. The number of benzene rings is 1. The Morgan fingerprint density at radius 3 is 2.41 bits per heavy atom. The van der Waals surface area contributed by atoms with E-state index in [2.05, 4.69) is 0 Å². The Bertz CT molecular complexity index is 370. The maximum absolute atomic E-state index is 12.0. The summed E-state index contributed by atoms with van der Waals surface area (Å²) in [5.74, 6) is -0.512. The van der Waals surface area contributed by atoms with Crippen molar-refractivity contribution >= 4 is 17.9 Å². The van der Waals surface area contributed by atoms with Crippen LogP contribution in [0.1, 0.15) is 10.4 Å². The highest BCUT2D eigenvalue weighted by Gasteiger charge is 2.29. The van der Waals surface area contributed by atoms with Gasteiger partial charge in [0.15, 0.2) is 0 Å². The molecule has 0 radical (unpaired) electrons. The van der Waals surface area contributed by atoms with Crippen molar-refractivity contribution in [2.75, 3.05) is 12.8 Å². The van der Waals surface area contributed by atoms with Crippen LogP contribution in [-0.2, 0) is 0 Å². The van der Waals surface area contributed by atoms with Crippen molar-refractivity contribution in [3.63, 3.8) is 0 Å². The number of amides is 1. The first-order chi connectivity index (χ1) is 7.94. The van der Waals surface area contributed by atoms with E-state index in [4.69, 9.17) is 0 Å². The van der Waals surface area contributed by atoms with Crippen LogP contribution in [0.3, 0.4) is 0 Å². The van der Waals surface area contributed by atoms with E-state index < -0.39 is 18.6 Å². The minimum Gasteiger partial charge on any atom is -0.267 e. The molecule has 7 heteroatoms. The number of carbonyl (C=O) groups excluding carboxylic acids is 1. The predicted molar refractivity (Wildman–Crippen MR) is 60.2 cm³/mol. The molecule has 94 valence electrons. The minimum absolute atomic E-state index is 0.330. The van der Waals surface area contributed by atoms with Gasteiger partial charge in [-0.05, 0) is 24.1 Å². The lowest BCUT2D eigenvalue weighted by molar-refractivity contribution is -0.129. The SMILES string of the molecule is CSN(NCC(F)(F)F)C(=O)c1ccccc1. The highest BCUT2D eigenvalue weighted by molar-refractivity contribution is 7.96. The molecule has 0 bridgehead atoms. The molecule has 1 rings (SSSR count). The molecule has 0 fully saturated rings. The first-order valence-electron chi connectivity index (χ1n) is 4.68. The molecule has 3 nitrogen and oxygen atoms in total. The van der Waals surface area contributed by atoms with E-state index in [9.17, 15) is 18.0 Å². The van der Waals surface area contributed by atoms with E-state index in [0.29, 0.717) is 5.56 Å². The van der Waals surface area contributed by atoms with E-state index in [1.807, 2.05) is 5.43 Å². The lowest BCUT2D eigenvalue weighted by Crippen LogP contribution is -2.42. The number of rotatable bonds is 4. The van der Waals surface area contributed by atoms with Gasteiger partial charge in [0, 0.05) is 11.8 Å². The summed E-state index contributed by atoms with van der Waals surface area (Å²) in [5, 5.41) is 0. The summed E-state index contributed by atoms with van der Waals surface area (Å²) in [6.45, 7) is -1.24. The topological polar surface area (TPSA) is 32.3 Å². The Kier molecular flexibility index (Phi) is 4.83. The van der Waals surface area contributed by atoms with Crippen molar-refractivity contribution in [1.82, 2.24) is 9.84 Å². The third-order valence-corrected chi connectivity index (χ3v) is 2.47. The molecule has 0 aliphatic carbocycles. The molecular formula is C10H11F3N2OS. The quantitative estimate of drug-likeness (QED) is 0.670. The third-order valence-electron chi connectivity index (χ3n) is 1.81. The molecule has 0 aliphatic rings. The van der Waals surface area contributed by atoms with Crippen LogP contribution < -0.4 is 5.43 Å². The van der Waals surface area contributed by atoms with E-state index >= 15 is 0 Å². The first-order valence-corrected chi connectivity index (χ1v) is 5.86. The van der Waals surface area contributed by atoms with Crippen molar-refractivity contribution in [2.24, 2.45) is 0 Å². The van der Waals surface area contributed by atoms with Gasteiger partial charge in [-0.15, -0.1) is 0 Å². The summed E-state index contributed by atoms with van der Waals surface area (Å²) in [5.41, 5.74) is 2.36. The van der Waals surface area contributed by atoms with Gasteiger partial charge in [-0.3, -0.25) is 4.79 Å². The van der Waals surface area contributed by atoms with Gasteiger partial charge < -0.3 is 0 Å². The second-order valence-corrected chi connectivity index (χ2v) is 3.83. The molecule has 0 heterocycles. The van der Waals surface area contributed by atoms with E-state index in [0.717, 1.165) is 16.4 Å². The fourth-order valence-corrected chi connectivity index (χ4v) is 1.54. The molecular weight excluding hydrogens is 253 g/mol. The van der Waals surface area contributed by atoms with Gasteiger partial charge in [0.1, 0.15) is 6.54 Å². The molecule has 0 saturated heterocycles. The fraction of sp³-hybridized carbons (Fsp3) is 0.300. The van der Waals surface area contributed by atoms with Gasteiger partial charge in [0.2, 0.25) is 0 Å². The largest absolute Gasteiger partial charge is 0.402 e. The zero-order valence-electron chi connectivity index (χ0n) is 8.99. The second-order valence-electron chi connectivity index (χ2n) is 3.10. The Morgan fingerprint density at radius 1 is 1.35 bits per heavy atom. The number of hydrazine groups is 1. The second kappa shape index (κ2) is 5.92. The summed E-state index contributed by atoms with van der Waals surface area (Å²) in [6, 6.07) is 8.11. The molecule has 1 aromatic rings. The van der Waals surface area contributed by atoms with E-state index in [-0.39, 0.29) is 0 Å². The molecule has 0 atom stereocenters. The van der Waals surface area contributed by atoms with Gasteiger partial charge in [-0.2, -0.15) is 13.2 Å². The molecule has 17 heavy (non-hydrogen) atoms. The zero-order valence-corrected chi connectivity index (χ0v) is 9.81. The highest BCUT2D eigenvalue weighted by Crippen LogP contribution is 2.15. The Morgan fingerprint density at radius 2 is 1.94 bits per heavy atom. The van der Waals surface area contributed by atoms with Crippen molar-refractivity contribution in [2.45, 2.75) is 6.18 Å². The number of alkyl halides is 3. The molecule has 1 aromatic carbocycles. The minimum atomic E-state index is -4.36. The van der Waals surface area contributed by atoms with Crippen LogP contribution in [0, 0.1) is 0 Å². The molecule has 1 N–H and O–H groups in total. The fourth-order valence-electron chi connectivity index (χ4n) is 1.08. The number of carbonyl (C=O) groups is 1. The lowest BCUT2D eigenvalue weighted by atomic mass is 10.2. The Balaban J connectivity index is 2.65. The monoisotopic (exact) mass is 264 g/mol. The number of halogens is 3. The predicted octanol–water partition coefficient (Wildman–Crippen LogP) is 2.47. The molecule has 0 spiro atoms. The summed E-state index contributed by atoms with van der Waals surface area (Å²) in [6.07, 6.45) is -2.84. The lowest BCUT2D eigenvalue weighted by Gasteiger charge is -2.21. The van der Waals surface area contributed by atoms with Gasteiger partial charge in [-0.25, -0.2) is 9.84 Å². The van der Waals surface area contributed by atoms with Crippen LogP contribution in [0.5, 0.6) is 0 Å². The first kappa shape index (κ1) is 13.9. The number of nitrogens with zero attached hydrogens (tertiary/aromatic N) is 1. The van der Waals surface area contributed by atoms with Crippen LogP contribution in [0.25, 0.3) is 0 Å². The van der Waals surface area contributed by atoms with Crippen molar-refractivity contribution in [1.29, 1.82) is 0 Å². The maximum Gasteiger partial charge on any atom is 0.402 e. The third kappa shape index (κ3) is 4.66. The molecule has 0 aromatic heterocycles. The normalized spacial score (nSPS) is 11.3.